The zero-order valence-corrected chi connectivity index (χ0v) is 36.6. The van der Waals surface area contributed by atoms with Gasteiger partial charge >= 0.3 is 5.97 Å². The summed E-state index contributed by atoms with van der Waals surface area (Å²) < 4.78 is 32.9. The van der Waals surface area contributed by atoms with Gasteiger partial charge in [-0.15, -0.1) is 22.5 Å². The van der Waals surface area contributed by atoms with Crippen LogP contribution in [0.4, 0.5) is 0 Å². The van der Waals surface area contributed by atoms with Crippen LogP contribution in [0, 0.1) is 12.3 Å². The van der Waals surface area contributed by atoms with Gasteiger partial charge in [-0.1, -0.05) is 43.1 Å². The number of imide groups is 1. The number of nitrogens with zero attached hydrogens (tertiary/aromatic N) is 10. The summed E-state index contributed by atoms with van der Waals surface area (Å²) in [6, 6.07) is 0. The van der Waals surface area contributed by atoms with Gasteiger partial charge in [0.05, 0.1) is 97.9 Å². The van der Waals surface area contributed by atoms with E-state index < -0.39 is 17.8 Å². The fraction of sp³-hybridized carbons (Fsp3) is 0.763. The van der Waals surface area contributed by atoms with Crippen molar-refractivity contribution < 1.29 is 57.2 Å². The number of terminal acetylenes is 1. The molecule has 2 rings (SSSR count). The maximum atomic E-state index is 11.4. The lowest BCUT2D eigenvalue weighted by molar-refractivity contribution is -0.198. The van der Waals surface area contributed by atoms with Gasteiger partial charge in [0.15, 0.2) is 0 Å². The Balaban J connectivity index is -0.000000784. The molecule has 2 amide bonds. The molecule has 2 N–H and O–H groups in total. The number of amides is 2. The molecule has 0 unspecified atom stereocenters. The predicted molar refractivity (Wildman–Crippen MR) is 223 cm³/mol. The van der Waals surface area contributed by atoms with Crippen LogP contribution in [0.15, 0.2) is 16.4 Å². The molecule has 1 aliphatic heterocycles. The van der Waals surface area contributed by atoms with E-state index in [0.717, 1.165) is 18.5 Å². The van der Waals surface area contributed by atoms with Crippen LogP contribution in [-0.2, 0) is 70.2 Å². The van der Waals surface area contributed by atoms with Crippen molar-refractivity contribution in [3.05, 3.63) is 32.8 Å². The van der Waals surface area contributed by atoms with Crippen LogP contribution in [0.5, 0.6) is 0 Å². The van der Waals surface area contributed by atoms with E-state index in [1.165, 1.54) is 7.05 Å². The number of rotatable bonds is 31. The lowest BCUT2D eigenvalue weighted by Gasteiger charge is -2.12. The Morgan fingerprint density at radius 3 is 1.51 bits per heavy atom. The zero-order chi connectivity index (χ0) is 46.2. The first-order valence-electron chi connectivity index (χ1n) is 20.1. The third kappa shape index (κ3) is 41.5. The molecule has 0 saturated carbocycles. The van der Waals surface area contributed by atoms with Gasteiger partial charge in [0.1, 0.15) is 11.6 Å². The van der Waals surface area contributed by atoms with Crippen molar-refractivity contribution in [1.29, 1.82) is 0 Å². The van der Waals surface area contributed by atoms with Crippen LogP contribution < -0.4 is 5.73 Å². The van der Waals surface area contributed by atoms with Crippen molar-refractivity contribution in [1.82, 2.24) is 20.1 Å². The molecule has 23 nitrogen and oxygen atoms in total. The molecule has 1 aromatic rings. The summed E-state index contributed by atoms with van der Waals surface area (Å²) >= 11 is 0. The Hall–Kier alpha value is -5.01. The van der Waals surface area contributed by atoms with Crippen molar-refractivity contribution >= 4 is 29.4 Å². The topological polar surface area (TPSA) is 307 Å². The van der Waals surface area contributed by atoms with Gasteiger partial charge in [-0.2, -0.15) is 0 Å². The first-order chi connectivity index (χ1) is 29.6. The molecule has 0 bridgehead atoms. The average molecular weight is 870 g/mol. The predicted octanol–water partition coefficient (Wildman–Crippen LogP) is 3.87. The van der Waals surface area contributed by atoms with Crippen LogP contribution in [0.3, 0.4) is 0 Å². The van der Waals surface area contributed by atoms with Crippen molar-refractivity contribution in [2.75, 3.05) is 99.4 Å². The molecule has 1 fully saturated rings. The van der Waals surface area contributed by atoms with Gasteiger partial charge in [0, 0.05) is 74.1 Å². The van der Waals surface area contributed by atoms with Gasteiger partial charge in [0.2, 0.25) is 0 Å². The number of azide groups is 2. The fourth-order valence-corrected chi connectivity index (χ4v) is 3.72. The third-order valence-corrected chi connectivity index (χ3v) is 7.02. The number of hydrogen-bond acceptors (Lipinski definition) is 17. The van der Waals surface area contributed by atoms with E-state index in [1.807, 2.05) is 33.9 Å². The van der Waals surface area contributed by atoms with E-state index in [2.05, 4.69) is 46.9 Å². The number of nitrogens with two attached hydrogens (primary N) is 1. The second-order valence-electron chi connectivity index (χ2n) is 11.5. The van der Waals surface area contributed by atoms with Crippen molar-refractivity contribution in [2.45, 2.75) is 92.0 Å². The highest BCUT2D eigenvalue weighted by Gasteiger charge is 2.32. The summed E-state index contributed by atoms with van der Waals surface area (Å²) in [7, 11) is 1.50. The highest BCUT2D eigenvalue weighted by atomic mass is 16.7. The van der Waals surface area contributed by atoms with Crippen molar-refractivity contribution in [3.63, 3.8) is 0 Å². The fourth-order valence-electron chi connectivity index (χ4n) is 3.72. The van der Waals surface area contributed by atoms with Gasteiger partial charge in [0.25, 0.3) is 11.8 Å². The highest BCUT2D eigenvalue weighted by Crippen LogP contribution is 2.12. The van der Waals surface area contributed by atoms with Crippen LogP contribution in [0.25, 0.3) is 20.9 Å². The molecular weight excluding hydrogens is 802 g/mol. The van der Waals surface area contributed by atoms with Gasteiger partial charge in [-0.3, -0.25) is 19.2 Å². The molecule has 0 aromatic carbocycles. The SMILES string of the molecule is C#CCC.CCC(=O)CCOCCOCCN=[N+]=[N-].CCC(=O)CCOCCOCCn1cc(CC)nn1.CN.[N-]=[N+]=NCCOCCOCCC(=O)ON1C(=O)CCC1=O. The Morgan fingerprint density at radius 2 is 1.13 bits per heavy atom. The van der Waals surface area contributed by atoms with Crippen LogP contribution >= 0.6 is 0 Å². The maximum Gasteiger partial charge on any atom is 0.335 e. The number of hydrogen-bond donors (Lipinski definition) is 1. The maximum absolute atomic E-state index is 11.4. The summed E-state index contributed by atoms with van der Waals surface area (Å²) in [6.07, 6.45) is 10.6. The van der Waals surface area contributed by atoms with Crippen molar-refractivity contribution in [2.24, 2.45) is 16.0 Å². The second kappa shape index (κ2) is 47.7. The number of ether oxygens (including phenoxy) is 6. The van der Waals surface area contributed by atoms with Gasteiger partial charge < -0.3 is 39.0 Å². The number of carbonyl (C=O) groups excluding carboxylic acids is 5. The van der Waals surface area contributed by atoms with Crippen LogP contribution in [-0.4, -0.2) is 149 Å². The molecular formula is C38H67N11O12. The zero-order valence-electron chi connectivity index (χ0n) is 36.6. The van der Waals surface area contributed by atoms with Crippen LogP contribution in [0.1, 0.15) is 84.8 Å². The molecule has 61 heavy (non-hydrogen) atoms. The Labute approximate surface area is 358 Å². The van der Waals surface area contributed by atoms with E-state index >= 15 is 0 Å². The average Bonchev–Trinajstić information content (AvgIpc) is 3.88. The summed E-state index contributed by atoms with van der Waals surface area (Å²) in [5.74, 6) is 1.14. The molecule has 1 saturated heterocycles. The van der Waals surface area contributed by atoms with E-state index in [1.54, 1.807) is 4.68 Å². The summed E-state index contributed by atoms with van der Waals surface area (Å²) in [6.45, 7) is 13.8. The number of aromatic nitrogens is 3. The molecule has 1 aromatic heterocycles. The number of ketones is 2. The lowest BCUT2D eigenvalue weighted by atomic mass is 10.2. The van der Waals surface area contributed by atoms with E-state index in [9.17, 15) is 24.0 Å². The van der Waals surface area contributed by atoms with Crippen molar-refractivity contribution in [3.8, 4) is 12.3 Å². The Kier molecular flexibility index (Phi) is 47.1. The summed E-state index contributed by atoms with van der Waals surface area (Å²) in [4.78, 5) is 65.4. The smallest absolute Gasteiger partial charge is 0.335 e. The molecule has 0 aliphatic carbocycles. The minimum absolute atomic E-state index is 0.0653. The number of carbonyl (C=O) groups is 5. The number of Topliss-reactive ketones (excluding diaryl/α,β-unsaturated/α-hetero) is 2. The first kappa shape index (κ1) is 60.3. The summed E-state index contributed by atoms with van der Waals surface area (Å²) in [5, 5.41) is 15.1. The first-order valence-corrected chi connectivity index (χ1v) is 20.1. The minimum atomic E-state index is -0.706. The normalized spacial score (nSPS) is 11.1. The quantitative estimate of drug-likeness (QED) is 0.0276. The largest absolute Gasteiger partial charge is 0.379 e. The molecule has 0 spiro atoms. The Morgan fingerprint density at radius 1 is 0.721 bits per heavy atom. The third-order valence-electron chi connectivity index (χ3n) is 7.02. The Bertz CT molecular complexity index is 1410. The number of aryl methyl sites for hydroxylation is 1. The monoisotopic (exact) mass is 869 g/mol. The van der Waals surface area contributed by atoms with Gasteiger partial charge in [-0.25, -0.2) is 9.48 Å². The molecule has 2 heterocycles. The molecule has 0 radical (unpaired) electrons. The van der Waals surface area contributed by atoms with E-state index in [-0.39, 0.29) is 50.6 Å². The standard InChI is InChI=1S/C13H23N3O3.C11H16N4O6.C9H17N3O3.C4H6.CH5N/c1-3-12-11-16(15-14-12)6-8-19-10-9-18-7-5-13(17)4-2;12-14-13-4-6-20-8-7-19-5-3-11(18)21-15-9(16)1-2-10(15)17;1-2-9(13)3-5-14-7-8-15-6-4-11-12-10;1-3-4-2;1-2/h11H,3-10H2,1-2H3;1-8H2;2-8H2,1H3;1H,4H2,2H3;2H2,1H3. The minimum Gasteiger partial charge on any atom is -0.379 e. The summed E-state index contributed by atoms with van der Waals surface area (Å²) in [5.41, 5.74) is 21.5. The molecule has 0 atom stereocenters. The molecule has 346 valence electrons. The highest BCUT2D eigenvalue weighted by molar-refractivity contribution is 6.01. The lowest BCUT2D eigenvalue weighted by Crippen LogP contribution is -2.32. The van der Waals surface area contributed by atoms with E-state index in [0.29, 0.717) is 110 Å². The second-order valence-corrected chi connectivity index (χ2v) is 11.5. The van der Waals surface area contributed by atoms with Crippen LogP contribution in [0.2, 0.25) is 0 Å². The van der Waals surface area contributed by atoms with E-state index in [4.69, 9.17) is 45.9 Å². The molecule has 23 heteroatoms. The van der Waals surface area contributed by atoms with Gasteiger partial charge in [-0.05, 0) is 24.5 Å². The molecule has 1 aliphatic rings. The number of hydroxylamine groups is 2.